The Morgan fingerprint density at radius 1 is 1.38 bits per heavy atom. The van der Waals surface area contributed by atoms with Gasteiger partial charge >= 0.3 is 0 Å². The van der Waals surface area contributed by atoms with Crippen LogP contribution < -0.4 is 11.1 Å². The summed E-state index contributed by atoms with van der Waals surface area (Å²) in [5, 5.41) is 2.88. The van der Waals surface area contributed by atoms with Gasteiger partial charge in [0.05, 0.1) is 6.04 Å². The van der Waals surface area contributed by atoms with Crippen LogP contribution in [0.2, 0.25) is 0 Å². The van der Waals surface area contributed by atoms with Gasteiger partial charge in [0, 0.05) is 5.69 Å². The molecule has 3 nitrogen and oxygen atoms in total. The largest absolute Gasteiger partial charge is 0.324 e. The standard InChI is InChI=1S/C13H20N2O/c1-3-7-11(14)13(16)15-12-9-6-5-8-10(12)4-2/h5-6,8-9,11H,3-4,7,14H2,1-2H3,(H,15,16). The molecule has 88 valence electrons. The molecule has 0 aliphatic carbocycles. The molecule has 0 aromatic heterocycles. The maximum absolute atomic E-state index is 11.7. The van der Waals surface area contributed by atoms with Crippen molar-refractivity contribution in [3.05, 3.63) is 29.8 Å². The van der Waals surface area contributed by atoms with Gasteiger partial charge in [-0.05, 0) is 24.5 Å². The molecule has 0 aliphatic heterocycles. The third-order valence-corrected chi connectivity index (χ3v) is 2.59. The lowest BCUT2D eigenvalue weighted by molar-refractivity contribution is -0.117. The van der Waals surface area contributed by atoms with E-state index in [9.17, 15) is 4.79 Å². The zero-order chi connectivity index (χ0) is 12.0. The van der Waals surface area contributed by atoms with Crippen molar-refractivity contribution in [3.63, 3.8) is 0 Å². The Labute approximate surface area is 97.0 Å². The molecule has 0 saturated carbocycles. The monoisotopic (exact) mass is 220 g/mol. The minimum atomic E-state index is -0.407. The van der Waals surface area contributed by atoms with Gasteiger partial charge in [-0.25, -0.2) is 0 Å². The van der Waals surface area contributed by atoms with E-state index in [4.69, 9.17) is 5.73 Å². The van der Waals surface area contributed by atoms with Gasteiger partial charge in [0.2, 0.25) is 5.91 Å². The van der Waals surface area contributed by atoms with Crippen LogP contribution in [0.25, 0.3) is 0 Å². The maximum atomic E-state index is 11.7. The summed E-state index contributed by atoms with van der Waals surface area (Å²) in [6, 6.07) is 7.41. The number of anilines is 1. The maximum Gasteiger partial charge on any atom is 0.241 e. The van der Waals surface area contributed by atoms with Crippen LogP contribution in [0.3, 0.4) is 0 Å². The van der Waals surface area contributed by atoms with Gasteiger partial charge in [0.25, 0.3) is 0 Å². The van der Waals surface area contributed by atoms with Crippen LogP contribution in [0.4, 0.5) is 5.69 Å². The molecule has 1 aromatic rings. The molecule has 3 N–H and O–H groups in total. The fraction of sp³-hybridized carbons (Fsp3) is 0.462. The van der Waals surface area contributed by atoms with E-state index in [-0.39, 0.29) is 5.91 Å². The quantitative estimate of drug-likeness (QED) is 0.800. The summed E-state index contributed by atoms with van der Waals surface area (Å²) >= 11 is 0. The summed E-state index contributed by atoms with van der Waals surface area (Å²) in [5.41, 5.74) is 7.77. The van der Waals surface area contributed by atoms with Crippen LogP contribution in [-0.4, -0.2) is 11.9 Å². The Balaban J connectivity index is 2.69. The number of carbonyl (C=O) groups excluding carboxylic acids is 1. The van der Waals surface area contributed by atoms with Crippen LogP contribution in [0, 0.1) is 0 Å². The third-order valence-electron chi connectivity index (χ3n) is 2.59. The molecule has 0 radical (unpaired) electrons. The first-order valence-corrected chi connectivity index (χ1v) is 5.83. The molecule has 0 heterocycles. The van der Waals surface area contributed by atoms with E-state index >= 15 is 0 Å². The molecule has 1 atom stereocenters. The molecule has 1 amide bonds. The number of nitrogens with two attached hydrogens (primary N) is 1. The molecule has 16 heavy (non-hydrogen) atoms. The summed E-state index contributed by atoms with van der Waals surface area (Å²) < 4.78 is 0. The molecular formula is C13H20N2O. The number of para-hydroxylation sites is 1. The lowest BCUT2D eigenvalue weighted by atomic mass is 10.1. The minimum absolute atomic E-state index is 0.0947. The van der Waals surface area contributed by atoms with Gasteiger partial charge in [0.15, 0.2) is 0 Å². The number of rotatable bonds is 5. The molecule has 1 aromatic carbocycles. The van der Waals surface area contributed by atoms with E-state index in [0.29, 0.717) is 0 Å². The number of amides is 1. The van der Waals surface area contributed by atoms with Crippen molar-refractivity contribution in [2.24, 2.45) is 5.73 Å². The normalized spacial score (nSPS) is 12.2. The van der Waals surface area contributed by atoms with E-state index in [1.165, 1.54) is 0 Å². The lowest BCUT2D eigenvalue weighted by Crippen LogP contribution is -2.35. The molecule has 0 bridgehead atoms. The van der Waals surface area contributed by atoms with Crippen molar-refractivity contribution in [1.82, 2.24) is 0 Å². The smallest absolute Gasteiger partial charge is 0.241 e. The molecule has 0 saturated heterocycles. The first-order chi connectivity index (χ1) is 7.69. The van der Waals surface area contributed by atoms with Crippen molar-refractivity contribution < 1.29 is 4.79 Å². The summed E-state index contributed by atoms with van der Waals surface area (Å²) in [5.74, 6) is -0.0947. The van der Waals surface area contributed by atoms with E-state index in [0.717, 1.165) is 30.5 Å². The second kappa shape index (κ2) is 6.28. The SMILES string of the molecule is CCCC(N)C(=O)Nc1ccccc1CC. The fourth-order valence-corrected chi connectivity index (χ4v) is 1.62. The van der Waals surface area contributed by atoms with Gasteiger partial charge in [0.1, 0.15) is 0 Å². The van der Waals surface area contributed by atoms with Crippen LogP contribution in [-0.2, 0) is 11.2 Å². The molecule has 3 heteroatoms. The highest BCUT2D eigenvalue weighted by Gasteiger charge is 2.13. The molecule has 1 rings (SSSR count). The highest BCUT2D eigenvalue weighted by atomic mass is 16.2. The second-order valence-corrected chi connectivity index (χ2v) is 3.90. The van der Waals surface area contributed by atoms with Gasteiger partial charge in [-0.1, -0.05) is 38.5 Å². The van der Waals surface area contributed by atoms with Crippen molar-refractivity contribution in [3.8, 4) is 0 Å². The molecule has 0 fully saturated rings. The van der Waals surface area contributed by atoms with Gasteiger partial charge < -0.3 is 11.1 Å². The Bertz CT molecular complexity index is 350. The Kier molecular flexibility index (Phi) is 4.99. The van der Waals surface area contributed by atoms with Crippen molar-refractivity contribution in [1.29, 1.82) is 0 Å². The minimum Gasteiger partial charge on any atom is -0.324 e. The fourth-order valence-electron chi connectivity index (χ4n) is 1.62. The Hall–Kier alpha value is -1.35. The number of hydrogen-bond acceptors (Lipinski definition) is 2. The number of benzene rings is 1. The third kappa shape index (κ3) is 3.35. The second-order valence-electron chi connectivity index (χ2n) is 3.90. The molecule has 0 spiro atoms. The van der Waals surface area contributed by atoms with Crippen molar-refractivity contribution in [2.45, 2.75) is 39.2 Å². The number of hydrogen-bond donors (Lipinski definition) is 2. The first kappa shape index (κ1) is 12.7. The van der Waals surface area contributed by atoms with Crippen LogP contribution in [0.5, 0.6) is 0 Å². The Morgan fingerprint density at radius 2 is 2.06 bits per heavy atom. The average molecular weight is 220 g/mol. The predicted octanol–water partition coefficient (Wildman–Crippen LogP) is 2.31. The van der Waals surface area contributed by atoms with Gasteiger partial charge in [-0.3, -0.25) is 4.79 Å². The number of aryl methyl sites for hydroxylation is 1. The van der Waals surface area contributed by atoms with E-state index in [1.807, 2.05) is 31.2 Å². The van der Waals surface area contributed by atoms with Crippen molar-refractivity contribution >= 4 is 11.6 Å². The van der Waals surface area contributed by atoms with Gasteiger partial charge in [-0.15, -0.1) is 0 Å². The molecule has 1 unspecified atom stereocenters. The summed E-state index contributed by atoms with van der Waals surface area (Å²) in [7, 11) is 0. The highest BCUT2D eigenvalue weighted by molar-refractivity contribution is 5.95. The van der Waals surface area contributed by atoms with Crippen LogP contribution in [0.1, 0.15) is 32.3 Å². The van der Waals surface area contributed by atoms with E-state index < -0.39 is 6.04 Å². The number of carbonyl (C=O) groups is 1. The summed E-state index contributed by atoms with van der Waals surface area (Å²) in [4.78, 5) is 11.7. The highest BCUT2D eigenvalue weighted by Crippen LogP contribution is 2.15. The lowest BCUT2D eigenvalue weighted by Gasteiger charge is -2.13. The van der Waals surface area contributed by atoms with Crippen LogP contribution >= 0.6 is 0 Å². The molecular weight excluding hydrogens is 200 g/mol. The number of nitrogens with one attached hydrogen (secondary N) is 1. The van der Waals surface area contributed by atoms with E-state index in [2.05, 4.69) is 12.2 Å². The average Bonchev–Trinajstić information content (AvgIpc) is 2.30. The first-order valence-electron chi connectivity index (χ1n) is 5.83. The topological polar surface area (TPSA) is 55.1 Å². The predicted molar refractivity (Wildman–Crippen MR) is 67.3 cm³/mol. The zero-order valence-electron chi connectivity index (χ0n) is 9.99. The summed E-state index contributed by atoms with van der Waals surface area (Å²) in [6.45, 7) is 4.09. The summed E-state index contributed by atoms with van der Waals surface area (Å²) in [6.07, 6.45) is 2.55. The van der Waals surface area contributed by atoms with Gasteiger partial charge in [-0.2, -0.15) is 0 Å². The molecule has 0 aliphatic rings. The van der Waals surface area contributed by atoms with Crippen molar-refractivity contribution in [2.75, 3.05) is 5.32 Å². The van der Waals surface area contributed by atoms with E-state index in [1.54, 1.807) is 0 Å². The Morgan fingerprint density at radius 3 is 2.69 bits per heavy atom. The zero-order valence-corrected chi connectivity index (χ0v) is 9.99. The van der Waals surface area contributed by atoms with Crippen LogP contribution in [0.15, 0.2) is 24.3 Å².